The molecule has 0 saturated carbocycles. The summed E-state index contributed by atoms with van der Waals surface area (Å²) in [7, 11) is 0.965. The Morgan fingerprint density at radius 3 is 2.67 bits per heavy atom. The number of halogens is 3. The van der Waals surface area contributed by atoms with Gasteiger partial charge < -0.3 is 4.74 Å². The van der Waals surface area contributed by atoms with Gasteiger partial charge in [0.1, 0.15) is 6.20 Å². The van der Waals surface area contributed by atoms with Gasteiger partial charge in [-0.2, -0.15) is 18.3 Å². The molecule has 7 nitrogen and oxygen atoms in total. The minimum atomic E-state index is -4.45. The first-order valence-corrected chi connectivity index (χ1v) is 4.61. The number of hydrogen-bond donors (Lipinski definition) is 0. The molecular formula is C8H8F3N3O4. The van der Waals surface area contributed by atoms with E-state index in [9.17, 15) is 28.1 Å². The van der Waals surface area contributed by atoms with Crippen molar-refractivity contribution < 1.29 is 27.6 Å². The molecule has 0 aliphatic heterocycles. The van der Waals surface area contributed by atoms with Gasteiger partial charge in [0.25, 0.3) is 0 Å². The third-order valence-corrected chi connectivity index (χ3v) is 2.00. The van der Waals surface area contributed by atoms with Gasteiger partial charge in [0.05, 0.1) is 25.0 Å². The van der Waals surface area contributed by atoms with Gasteiger partial charge in [-0.3, -0.25) is 14.8 Å². The predicted octanol–water partition coefficient (Wildman–Crippen LogP) is 1.53. The van der Waals surface area contributed by atoms with Crippen LogP contribution in [-0.4, -0.2) is 34.0 Å². The van der Waals surface area contributed by atoms with Crippen molar-refractivity contribution >= 4 is 11.7 Å². The van der Waals surface area contributed by atoms with Crippen molar-refractivity contribution in [3.63, 3.8) is 0 Å². The van der Waals surface area contributed by atoms with E-state index >= 15 is 0 Å². The van der Waals surface area contributed by atoms with Crippen molar-refractivity contribution in [2.75, 3.05) is 7.11 Å². The number of aryl methyl sites for hydroxylation is 1. The van der Waals surface area contributed by atoms with Gasteiger partial charge in [0.15, 0.2) is 0 Å². The lowest BCUT2D eigenvalue weighted by Crippen LogP contribution is -2.18. The van der Waals surface area contributed by atoms with Gasteiger partial charge in [-0.15, -0.1) is 0 Å². The van der Waals surface area contributed by atoms with Crippen LogP contribution >= 0.6 is 0 Å². The molecule has 100 valence electrons. The first kappa shape index (κ1) is 13.9. The van der Waals surface area contributed by atoms with Crippen LogP contribution in [0.5, 0.6) is 0 Å². The van der Waals surface area contributed by atoms with Crippen molar-refractivity contribution in [1.82, 2.24) is 9.78 Å². The van der Waals surface area contributed by atoms with Gasteiger partial charge in [0.2, 0.25) is 5.69 Å². The first-order valence-electron chi connectivity index (χ1n) is 4.61. The van der Waals surface area contributed by atoms with E-state index in [4.69, 9.17) is 0 Å². The minimum absolute atomic E-state index is 0.605. The summed E-state index contributed by atoms with van der Waals surface area (Å²) in [6, 6.07) is 0. The highest BCUT2D eigenvalue weighted by Crippen LogP contribution is 2.23. The Bertz CT molecular complexity index is 469. The van der Waals surface area contributed by atoms with Crippen molar-refractivity contribution in [2.45, 2.75) is 19.1 Å². The third-order valence-electron chi connectivity index (χ3n) is 2.00. The quantitative estimate of drug-likeness (QED) is 0.469. The van der Waals surface area contributed by atoms with Crippen LogP contribution in [-0.2, 0) is 11.3 Å². The van der Waals surface area contributed by atoms with Gasteiger partial charge >= 0.3 is 17.8 Å². The van der Waals surface area contributed by atoms with Gasteiger partial charge in [-0.05, 0) is 0 Å². The fourth-order valence-electron chi connectivity index (χ4n) is 1.22. The molecule has 0 bridgehead atoms. The number of carbonyl (C=O) groups is 1. The fourth-order valence-corrected chi connectivity index (χ4v) is 1.22. The molecule has 0 unspecified atom stereocenters. The van der Waals surface area contributed by atoms with Crippen LogP contribution in [0.4, 0.5) is 18.9 Å². The van der Waals surface area contributed by atoms with Crippen LogP contribution in [0.15, 0.2) is 6.20 Å². The number of nitro groups is 1. The number of rotatable bonds is 4. The minimum Gasteiger partial charge on any atom is -0.464 e. The van der Waals surface area contributed by atoms with Crippen LogP contribution in [0.1, 0.15) is 16.9 Å². The summed E-state index contributed by atoms with van der Waals surface area (Å²) in [6.45, 7) is -0.693. The Morgan fingerprint density at radius 2 is 2.22 bits per heavy atom. The lowest BCUT2D eigenvalue weighted by molar-refractivity contribution is -0.385. The first-order chi connectivity index (χ1) is 8.26. The van der Waals surface area contributed by atoms with Gasteiger partial charge in [-0.25, -0.2) is 4.79 Å². The van der Waals surface area contributed by atoms with Crippen molar-refractivity contribution in [3.05, 3.63) is 22.0 Å². The molecule has 1 aromatic heterocycles. The van der Waals surface area contributed by atoms with E-state index in [-0.39, 0.29) is 0 Å². The molecule has 1 rings (SSSR count). The van der Waals surface area contributed by atoms with Crippen LogP contribution in [0.25, 0.3) is 0 Å². The van der Waals surface area contributed by atoms with E-state index in [1.165, 1.54) is 0 Å². The van der Waals surface area contributed by atoms with E-state index in [1.807, 2.05) is 0 Å². The van der Waals surface area contributed by atoms with Crippen LogP contribution in [0, 0.1) is 10.1 Å². The second kappa shape index (κ2) is 5.02. The van der Waals surface area contributed by atoms with Crippen molar-refractivity contribution in [1.29, 1.82) is 0 Å². The Morgan fingerprint density at radius 1 is 1.61 bits per heavy atom. The Labute approximate surface area is 98.3 Å². The van der Waals surface area contributed by atoms with E-state index in [2.05, 4.69) is 9.84 Å². The van der Waals surface area contributed by atoms with E-state index in [0.717, 1.165) is 7.11 Å². The van der Waals surface area contributed by atoms with Crippen LogP contribution in [0.3, 0.4) is 0 Å². The highest BCUT2D eigenvalue weighted by Gasteiger charge is 2.31. The molecule has 1 heterocycles. The molecule has 1 aromatic rings. The summed E-state index contributed by atoms with van der Waals surface area (Å²) in [5.41, 5.74) is -1.30. The molecule has 0 N–H and O–H groups in total. The fraction of sp³-hybridized carbons (Fsp3) is 0.500. The number of ether oxygens (including phenoxy) is 1. The standard InChI is InChI=1S/C8H8F3N3O4/c1-18-7(15)6-5(14(16)17)4-12-13(6)3-2-8(9,10)11/h4H,2-3H2,1H3. The van der Waals surface area contributed by atoms with Crippen LogP contribution < -0.4 is 0 Å². The third kappa shape index (κ3) is 3.18. The maximum Gasteiger partial charge on any atom is 0.390 e. The topological polar surface area (TPSA) is 87.3 Å². The van der Waals surface area contributed by atoms with E-state index in [1.54, 1.807) is 0 Å². The summed E-state index contributed by atoms with van der Waals surface area (Å²) in [6.07, 6.45) is -4.99. The van der Waals surface area contributed by atoms with Crippen molar-refractivity contribution in [3.8, 4) is 0 Å². The average molecular weight is 267 g/mol. The number of esters is 1. The maximum atomic E-state index is 12.0. The number of aromatic nitrogens is 2. The number of nitrogens with zero attached hydrogens (tertiary/aromatic N) is 3. The zero-order chi connectivity index (χ0) is 13.9. The van der Waals surface area contributed by atoms with Crippen LogP contribution in [0.2, 0.25) is 0 Å². The number of methoxy groups -OCH3 is 1. The smallest absolute Gasteiger partial charge is 0.390 e. The summed E-state index contributed by atoms with van der Waals surface area (Å²) < 4.78 is 41.0. The zero-order valence-corrected chi connectivity index (χ0v) is 9.10. The lowest BCUT2D eigenvalue weighted by atomic mass is 10.3. The molecule has 0 amide bonds. The molecule has 0 saturated heterocycles. The summed E-state index contributed by atoms with van der Waals surface area (Å²) >= 11 is 0. The summed E-state index contributed by atoms with van der Waals surface area (Å²) in [4.78, 5) is 20.9. The largest absolute Gasteiger partial charge is 0.464 e. The second-order valence-corrected chi connectivity index (χ2v) is 3.22. The van der Waals surface area contributed by atoms with Gasteiger partial charge in [-0.1, -0.05) is 0 Å². The summed E-state index contributed by atoms with van der Waals surface area (Å²) in [5.74, 6) is -1.11. The SMILES string of the molecule is COC(=O)c1c([N+](=O)[O-])cnn1CCC(F)(F)F. The normalized spacial score (nSPS) is 11.3. The molecule has 18 heavy (non-hydrogen) atoms. The lowest BCUT2D eigenvalue weighted by Gasteiger charge is -2.07. The molecule has 0 spiro atoms. The van der Waals surface area contributed by atoms with Crippen molar-refractivity contribution in [2.24, 2.45) is 0 Å². The van der Waals surface area contributed by atoms with E-state index < -0.39 is 41.4 Å². The average Bonchev–Trinajstić information content (AvgIpc) is 2.68. The number of carbonyl (C=O) groups excluding carboxylic acids is 1. The number of hydrogen-bond acceptors (Lipinski definition) is 5. The molecule has 0 radical (unpaired) electrons. The highest BCUT2D eigenvalue weighted by molar-refractivity contribution is 5.91. The molecule has 0 fully saturated rings. The zero-order valence-electron chi connectivity index (χ0n) is 9.10. The molecule has 0 atom stereocenters. The Hall–Kier alpha value is -2.13. The summed E-state index contributed by atoms with van der Waals surface area (Å²) in [5, 5.41) is 14.0. The molecule has 0 aromatic carbocycles. The molecular weight excluding hydrogens is 259 g/mol. The monoisotopic (exact) mass is 267 g/mol. The highest BCUT2D eigenvalue weighted by atomic mass is 19.4. The Balaban J connectivity index is 3.05. The maximum absolute atomic E-state index is 12.0. The Kier molecular flexibility index (Phi) is 3.89. The predicted molar refractivity (Wildman–Crippen MR) is 50.9 cm³/mol. The molecule has 0 aliphatic carbocycles. The number of alkyl halides is 3. The molecule has 0 aliphatic rings. The second-order valence-electron chi connectivity index (χ2n) is 3.22. The van der Waals surface area contributed by atoms with Gasteiger partial charge in [0, 0.05) is 0 Å². The molecule has 10 heteroatoms. The van der Waals surface area contributed by atoms with E-state index in [0.29, 0.717) is 10.9 Å².